The molecule has 0 radical (unpaired) electrons. The summed E-state index contributed by atoms with van der Waals surface area (Å²) in [6.45, 7) is 1.81. The summed E-state index contributed by atoms with van der Waals surface area (Å²) >= 11 is 3.05. The van der Waals surface area contributed by atoms with Gasteiger partial charge in [0, 0.05) is 15.2 Å². The zero-order valence-corrected chi connectivity index (χ0v) is 12.7. The van der Waals surface area contributed by atoms with Crippen LogP contribution in [-0.4, -0.2) is 28.1 Å². The second-order valence-corrected chi connectivity index (χ2v) is 6.53. The Labute approximate surface area is 118 Å². The topological polar surface area (TPSA) is 69.7 Å². The van der Waals surface area contributed by atoms with Gasteiger partial charge in [-0.1, -0.05) is 0 Å². The van der Waals surface area contributed by atoms with E-state index in [-0.39, 0.29) is 27.3 Å². The molecule has 8 heteroatoms. The van der Waals surface area contributed by atoms with Gasteiger partial charge in [-0.2, -0.15) is 0 Å². The lowest BCUT2D eigenvalue weighted by Crippen LogP contribution is -2.08. The fourth-order valence-electron chi connectivity index (χ4n) is 1.26. The van der Waals surface area contributed by atoms with E-state index in [1.807, 2.05) is 0 Å². The van der Waals surface area contributed by atoms with Crippen molar-refractivity contribution in [1.29, 1.82) is 0 Å². The fourth-order valence-corrected chi connectivity index (χ4v) is 3.43. The number of esters is 1. The number of methoxy groups -OCH3 is 1. The van der Waals surface area contributed by atoms with Crippen LogP contribution in [0.4, 0.5) is 0 Å². The van der Waals surface area contributed by atoms with E-state index in [2.05, 4.69) is 15.9 Å². The van der Waals surface area contributed by atoms with Gasteiger partial charge in [0.15, 0.2) is 0 Å². The quantitative estimate of drug-likeness (QED) is 0.612. The molecule has 1 aromatic rings. The Morgan fingerprint density at radius 2 is 2.06 bits per heavy atom. The Kier molecular flexibility index (Phi) is 5.01. The maximum atomic E-state index is 11.7. The van der Waals surface area contributed by atoms with Gasteiger partial charge in [0.25, 0.3) is 9.05 Å². The van der Waals surface area contributed by atoms with Crippen LogP contribution >= 0.6 is 26.6 Å². The molecule has 0 aromatic heterocycles. The second-order valence-electron chi connectivity index (χ2n) is 3.14. The number of rotatable bonds is 4. The molecule has 0 aliphatic rings. The average molecular weight is 358 g/mol. The Morgan fingerprint density at radius 1 is 1.44 bits per heavy atom. The van der Waals surface area contributed by atoms with Crippen molar-refractivity contribution < 1.29 is 22.7 Å². The zero-order chi connectivity index (χ0) is 13.9. The maximum Gasteiger partial charge on any atom is 0.341 e. The Morgan fingerprint density at radius 3 is 2.50 bits per heavy atom. The third kappa shape index (κ3) is 3.37. The maximum absolute atomic E-state index is 11.7. The molecule has 0 amide bonds. The highest BCUT2D eigenvalue weighted by atomic mass is 79.9. The van der Waals surface area contributed by atoms with Crippen LogP contribution < -0.4 is 4.74 Å². The summed E-state index contributed by atoms with van der Waals surface area (Å²) in [5, 5.41) is 0. The lowest BCUT2D eigenvalue weighted by Gasteiger charge is -2.10. The SMILES string of the molecule is CCOC(=O)c1cc(S(=O)(=O)Cl)c(Br)cc1OC. The van der Waals surface area contributed by atoms with Gasteiger partial charge >= 0.3 is 5.97 Å². The molecular weight excluding hydrogens is 348 g/mol. The van der Waals surface area contributed by atoms with Crippen molar-refractivity contribution in [3.63, 3.8) is 0 Å². The van der Waals surface area contributed by atoms with Crippen LogP contribution in [-0.2, 0) is 13.8 Å². The van der Waals surface area contributed by atoms with Crippen molar-refractivity contribution in [2.75, 3.05) is 13.7 Å². The van der Waals surface area contributed by atoms with Gasteiger partial charge in [0.2, 0.25) is 0 Å². The normalized spacial score (nSPS) is 11.1. The van der Waals surface area contributed by atoms with E-state index in [0.29, 0.717) is 0 Å². The third-order valence-corrected chi connectivity index (χ3v) is 4.29. The van der Waals surface area contributed by atoms with Crippen molar-refractivity contribution in [2.24, 2.45) is 0 Å². The molecule has 0 N–H and O–H groups in total. The summed E-state index contributed by atoms with van der Waals surface area (Å²) in [5.74, 6) is -0.479. The number of hydrogen-bond acceptors (Lipinski definition) is 5. The number of carbonyl (C=O) groups excluding carboxylic acids is 1. The molecule has 0 aliphatic heterocycles. The van der Waals surface area contributed by atoms with Gasteiger partial charge in [-0.15, -0.1) is 0 Å². The molecule has 0 fully saturated rings. The molecule has 1 aromatic carbocycles. The van der Waals surface area contributed by atoms with Crippen LogP contribution in [0.5, 0.6) is 5.75 Å². The highest BCUT2D eigenvalue weighted by Crippen LogP contribution is 2.32. The number of halogens is 2. The van der Waals surface area contributed by atoms with Crippen LogP contribution in [0.15, 0.2) is 21.5 Å². The molecule has 0 heterocycles. The van der Waals surface area contributed by atoms with Crippen LogP contribution in [0.1, 0.15) is 17.3 Å². The fraction of sp³-hybridized carbons (Fsp3) is 0.300. The molecule has 0 bridgehead atoms. The van der Waals surface area contributed by atoms with Crippen LogP contribution in [0.2, 0.25) is 0 Å². The first-order valence-corrected chi connectivity index (χ1v) is 7.90. The smallest absolute Gasteiger partial charge is 0.341 e. The predicted octanol–water partition coefficient (Wildman–Crippen LogP) is 2.56. The monoisotopic (exact) mass is 356 g/mol. The molecule has 18 heavy (non-hydrogen) atoms. The van der Waals surface area contributed by atoms with Crippen molar-refractivity contribution in [3.05, 3.63) is 22.2 Å². The average Bonchev–Trinajstić information content (AvgIpc) is 2.27. The highest BCUT2D eigenvalue weighted by Gasteiger charge is 2.22. The number of benzene rings is 1. The van der Waals surface area contributed by atoms with Gasteiger partial charge in [0.05, 0.1) is 18.6 Å². The zero-order valence-electron chi connectivity index (χ0n) is 9.57. The van der Waals surface area contributed by atoms with Crippen LogP contribution in [0.3, 0.4) is 0 Å². The summed E-state index contributed by atoms with van der Waals surface area (Å²) in [7, 11) is 2.66. The standard InChI is InChI=1S/C10H10BrClO5S/c1-3-17-10(13)6-4-9(18(12,14)15)7(11)5-8(6)16-2/h4-5H,3H2,1-2H3. The van der Waals surface area contributed by atoms with Gasteiger partial charge < -0.3 is 9.47 Å². The summed E-state index contributed by atoms with van der Waals surface area (Å²) in [6, 6.07) is 2.46. The predicted molar refractivity (Wildman–Crippen MR) is 69.7 cm³/mol. The van der Waals surface area contributed by atoms with Gasteiger partial charge in [-0.25, -0.2) is 13.2 Å². The molecule has 0 unspecified atom stereocenters. The Balaban J connectivity index is 3.45. The molecule has 5 nitrogen and oxygen atoms in total. The second kappa shape index (κ2) is 5.90. The first kappa shape index (κ1) is 15.3. The number of ether oxygens (including phenoxy) is 2. The molecule has 100 valence electrons. The van der Waals surface area contributed by atoms with Gasteiger partial charge in [0.1, 0.15) is 11.3 Å². The molecule has 0 aliphatic carbocycles. The van der Waals surface area contributed by atoms with Crippen molar-refractivity contribution in [2.45, 2.75) is 11.8 Å². The van der Waals surface area contributed by atoms with E-state index in [4.69, 9.17) is 20.2 Å². The Bertz CT molecular complexity index is 570. The first-order valence-electron chi connectivity index (χ1n) is 4.80. The third-order valence-electron chi connectivity index (χ3n) is 2.01. The van der Waals surface area contributed by atoms with Crippen molar-refractivity contribution >= 4 is 41.6 Å². The number of carbonyl (C=O) groups is 1. The molecule has 1 rings (SSSR count). The van der Waals surface area contributed by atoms with E-state index >= 15 is 0 Å². The summed E-state index contributed by atoms with van der Waals surface area (Å²) in [5.41, 5.74) is 0.00164. The van der Waals surface area contributed by atoms with E-state index in [1.54, 1.807) is 6.92 Å². The first-order chi connectivity index (χ1) is 8.31. The van der Waals surface area contributed by atoms with Crippen LogP contribution in [0.25, 0.3) is 0 Å². The van der Waals surface area contributed by atoms with Gasteiger partial charge in [-0.3, -0.25) is 0 Å². The lowest BCUT2D eigenvalue weighted by molar-refractivity contribution is 0.0522. The van der Waals surface area contributed by atoms with E-state index in [1.165, 1.54) is 13.2 Å². The minimum absolute atomic E-state index is 0.00164. The lowest BCUT2D eigenvalue weighted by atomic mass is 10.2. The van der Waals surface area contributed by atoms with E-state index in [9.17, 15) is 13.2 Å². The van der Waals surface area contributed by atoms with Crippen LogP contribution in [0, 0.1) is 0 Å². The van der Waals surface area contributed by atoms with E-state index < -0.39 is 15.0 Å². The minimum Gasteiger partial charge on any atom is -0.496 e. The molecule has 0 spiro atoms. The molecular formula is C10H10BrClO5S. The highest BCUT2D eigenvalue weighted by molar-refractivity contribution is 9.10. The summed E-state index contributed by atoms with van der Waals surface area (Å²) in [6.07, 6.45) is 0. The molecule has 0 saturated heterocycles. The molecule has 0 atom stereocenters. The van der Waals surface area contributed by atoms with E-state index in [0.717, 1.165) is 6.07 Å². The molecule has 0 saturated carbocycles. The number of hydrogen-bond donors (Lipinski definition) is 0. The largest absolute Gasteiger partial charge is 0.496 e. The van der Waals surface area contributed by atoms with Gasteiger partial charge in [-0.05, 0) is 35.0 Å². The summed E-state index contributed by atoms with van der Waals surface area (Å²) < 4.78 is 32.7. The van der Waals surface area contributed by atoms with Crippen molar-refractivity contribution in [1.82, 2.24) is 0 Å². The van der Waals surface area contributed by atoms with Crippen molar-refractivity contribution in [3.8, 4) is 5.75 Å². The summed E-state index contributed by atoms with van der Waals surface area (Å²) in [4.78, 5) is 11.4. The Hall–Kier alpha value is -0.790. The minimum atomic E-state index is -3.97.